The number of rotatable bonds is 6. The summed E-state index contributed by atoms with van der Waals surface area (Å²) >= 11 is 0. The van der Waals surface area contributed by atoms with Crippen LogP contribution in [0.25, 0.3) is 10.9 Å². The fourth-order valence-electron chi connectivity index (χ4n) is 3.03. The molecule has 0 aliphatic carbocycles. The zero-order chi connectivity index (χ0) is 17.6. The Morgan fingerprint density at radius 1 is 1.24 bits per heavy atom. The van der Waals surface area contributed by atoms with Crippen LogP contribution in [0.1, 0.15) is 26.7 Å². The van der Waals surface area contributed by atoms with Crippen LogP contribution in [0.4, 0.5) is 0 Å². The number of benzene rings is 1. The van der Waals surface area contributed by atoms with Crippen LogP contribution in [0.15, 0.2) is 36.5 Å². The van der Waals surface area contributed by atoms with Crippen LogP contribution in [0.3, 0.4) is 0 Å². The van der Waals surface area contributed by atoms with Crippen molar-refractivity contribution in [1.29, 1.82) is 0 Å². The largest absolute Gasteiger partial charge is 0.483 e. The first kappa shape index (κ1) is 17.7. The average molecular weight is 342 g/mol. The number of carbonyl (C=O) groups excluding carboxylic acids is 1. The molecule has 134 valence electrons. The van der Waals surface area contributed by atoms with Gasteiger partial charge in [0.15, 0.2) is 6.61 Å². The lowest BCUT2D eigenvalue weighted by Gasteiger charge is -2.32. The van der Waals surface area contributed by atoms with Crippen molar-refractivity contribution < 1.29 is 14.3 Å². The Morgan fingerprint density at radius 3 is 2.76 bits per heavy atom. The van der Waals surface area contributed by atoms with E-state index in [2.05, 4.69) is 18.8 Å². The third kappa shape index (κ3) is 4.69. The lowest BCUT2D eigenvalue weighted by atomic mass is 10.1. The molecule has 0 radical (unpaired) electrons. The van der Waals surface area contributed by atoms with Crippen LogP contribution in [-0.4, -0.2) is 48.2 Å². The second-order valence-electron chi connectivity index (χ2n) is 6.92. The molecule has 3 rings (SSSR count). The van der Waals surface area contributed by atoms with E-state index in [-0.39, 0.29) is 18.6 Å². The fourth-order valence-corrected chi connectivity index (χ4v) is 3.03. The van der Waals surface area contributed by atoms with Gasteiger partial charge in [0.1, 0.15) is 5.75 Å². The van der Waals surface area contributed by atoms with E-state index in [4.69, 9.17) is 9.47 Å². The minimum atomic E-state index is 0.0307. The molecule has 1 aromatic carbocycles. The van der Waals surface area contributed by atoms with Crippen molar-refractivity contribution in [2.24, 2.45) is 5.92 Å². The molecule has 0 bridgehead atoms. The van der Waals surface area contributed by atoms with Gasteiger partial charge in [0.2, 0.25) is 0 Å². The van der Waals surface area contributed by atoms with Crippen LogP contribution in [0.5, 0.6) is 5.75 Å². The van der Waals surface area contributed by atoms with Crippen molar-refractivity contribution in [2.75, 3.05) is 26.3 Å². The number of fused-ring (bicyclic) bond motifs is 1. The summed E-state index contributed by atoms with van der Waals surface area (Å²) in [5, 5.41) is 0.929. The molecule has 5 nitrogen and oxygen atoms in total. The van der Waals surface area contributed by atoms with E-state index >= 15 is 0 Å². The molecule has 0 atom stereocenters. The predicted molar refractivity (Wildman–Crippen MR) is 97.6 cm³/mol. The Kier molecular flexibility index (Phi) is 5.87. The molecule has 1 fully saturated rings. The van der Waals surface area contributed by atoms with Crippen molar-refractivity contribution in [1.82, 2.24) is 9.88 Å². The third-order valence-electron chi connectivity index (χ3n) is 4.42. The van der Waals surface area contributed by atoms with E-state index in [0.717, 1.165) is 43.4 Å². The Balaban J connectivity index is 1.50. The molecular formula is C20H26N2O3. The van der Waals surface area contributed by atoms with E-state index in [9.17, 15) is 4.79 Å². The molecule has 0 N–H and O–H groups in total. The lowest BCUT2D eigenvalue weighted by molar-refractivity contribution is -0.136. The summed E-state index contributed by atoms with van der Waals surface area (Å²) in [5.74, 6) is 1.28. The number of hydrogen-bond acceptors (Lipinski definition) is 4. The molecule has 0 spiro atoms. The number of nitrogens with zero attached hydrogens (tertiary/aromatic N) is 2. The minimum Gasteiger partial charge on any atom is -0.483 e. The Labute approximate surface area is 148 Å². The summed E-state index contributed by atoms with van der Waals surface area (Å²) in [4.78, 5) is 18.6. The van der Waals surface area contributed by atoms with Crippen molar-refractivity contribution in [3.63, 3.8) is 0 Å². The second-order valence-corrected chi connectivity index (χ2v) is 6.92. The van der Waals surface area contributed by atoms with Gasteiger partial charge in [-0.05, 0) is 37.0 Å². The molecule has 2 aromatic rings. The average Bonchev–Trinajstić information content (AvgIpc) is 2.64. The SMILES string of the molecule is CC(C)COC1CCN(C(=O)COc2ccnc3ccccc23)CC1. The maximum absolute atomic E-state index is 12.4. The van der Waals surface area contributed by atoms with Gasteiger partial charge in [0.05, 0.1) is 11.6 Å². The van der Waals surface area contributed by atoms with Gasteiger partial charge in [-0.25, -0.2) is 0 Å². The molecule has 1 amide bonds. The van der Waals surface area contributed by atoms with Gasteiger partial charge in [-0.3, -0.25) is 9.78 Å². The van der Waals surface area contributed by atoms with E-state index in [1.54, 1.807) is 6.20 Å². The van der Waals surface area contributed by atoms with Crippen LogP contribution < -0.4 is 4.74 Å². The molecule has 1 aliphatic rings. The maximum atomic E-state index is 12.4. The lowest BCUT2D eigenvalue weighted by Crippen LogP contribution is -2.43. The molecule has 0 saturated carbocycles. The Bertz CT molecular complexity index is 704. The predicted octanol–water partition coefficient (Wildman–Crippen LogP) is 3.28. The number of amides is 1. The number of aromatic nitrogens is 1. The van der Waals surface area contributed by atoms with Crippen LogP contribution in [0, 0.1) is 5.92 Å². The topological polar surface area (TPSA) is 51.7 Å². The van der Waals surface area contributed by atoms with Crippen LogP contribution >= 0.6 is 0 Å². The molecule has 25 heavy (non-hydrogen) atoms. The van der Waals surface area contributed by atoms with Gasteiger partial charge in [0, 0.05) is 31.3 Å². The second kappa shape index (κ2) is 8.30. The van der Waals surface area contributed by atoms with Crippen molar-refractivity contribution in [2.45, 2.75) is 32.8 Å². The van der Waals surface area contributed by atoms with Crippen LogP contribution in [-0.2, 0) is 9.53 Å². The summed E-state index contributed by atoms with van der Waals surface area (Å²) < 4.78 is 11.7. The van der Waals surface area contributed by atoms with Gasteiger partial charge in [0.25, 0.3) is 5.91 Å². The molecule has 1 aromatic heterocycles. The van der Waals surface area contributed by atoms with Gasteiger partial charge in [-0.2, -0.15) is 0 Å². The Hall–Kier alpha value is -2.14. The quantitative estimate of drug-likeness (QED) is 0.808. The van der Waals surface area contributed by atoms with E-state index in [0.29, 0.717) is 11.7 Å². The first-order valence-corrected chi connectivity index (χ1v) is 8.99. The van der Waals surface area contributed by atoms with Gasteiger partial charge in [-0.1, -0.05) is 26.0 Å². The van der Waals surface area contributed by atoms with Gasteiger partial charge in [-0.15, -0.1) is 0 Å². The third-order valence-corrected chi connectivity index (χ3v) is 4.42. The summed E-state index contributed by atoms with van der Waals surface area (Å²) in [7, 11) is 0. The molecule has 5 heteroatoms. The molecule has 2 heterocycles. The number of carbonyl (C=O) groups is 1. The zero-order valence-corrected chi connectivity index (χ0v) is 15.0. The summed E-state index contributed by atoms with van der Waals surface area (Å²) in [6, 6.07) is 9.59. The molecule has 1 aliphatic heterocycles. The zero-order valence-electron chi connectivity index (χ0n) is 15.0. The smallest absolute Gasteiger partial charge is 0.260 e. The highest BCUT2D eigenvalue weighted by atomic mass is 16.5. The van der Waals surface area contributed by atoms with E-state index in [1.165, 1.54) is 0 Å². The molecular weight excluding hydrogens is 316 g/mol. The molecule has 0 unspecified atom stereocenters. The van der Waals surface area contributed by atoms with E-state index in [1.807, 2.05) is 35.2 Å². The van der Waals surface area contributed by atoms with Gasteiger partial charge < -0.3 is 14.4 Å². The highest BCUT2D eigenvalue weighted by Gasteiger charge is 2.23. The number of para-hydroxylation sites is 1. The van der Waals surface area contributed by atoms with Gasteiger partial charge >= 0.3 is 0 Å². The number of pyridine rings is 1. The monoisotopic (exact) mass is 342 g/mol. The molecule has 1 saturated heterocycles. The number of ether oxygens (including phenoxy) is 2. The fraction of sp³-hybridized carbons (Fsp3) is 0.500. The van der Waals surface area contributed by atoms with Crippen molar-refractivity contribution in [3.05, 3.63) is 36.5 Å². The minimum absolute atomic E-state index is 0.0307. The number of piperidine rings is 1. The standard InChI is InChI=1S/C20H26N2O3/c1-15(2)13-24-16-8-11-22(12-9-16)20(23)14-25-19-7-10-21-18-6-4-3-5-17(18)19/h3-7,10,15-16H,8-9,11-14H2,1-2H3. The van der Waals surface area contributed by atoms with Crippen molar-refractivity contribution in [3.8, 4) is 5.75 Å². The number of likely N-dealkylation sites (tertiary alicyclic amines) is 1. The van der Waals surface area contributed by atoms with Crippen molar-refractivity contribution >= 4 is 16.8 Å². The summed E-state index contributed by atoms with van der Waals surface area (Å²) in [6.45, 7) is 6.63. The first-order valence-electron chi connectivity index (χ1n) is 8.99. The van der Waals surface area contributed by atoms with Crippen LogP contribution in [0.2, 0.25) is 0 Å². The maximum Gasteiger partial charge on any atom is 0.260 e. The number of hydrogen-bond donors (Lipinski definition) is 0. The highest BCUT2D eigenvalue weighted by Crippen LogP contribution is 2.23. The summed E-state index contributed by atoms with van der Waals surface area (Å²) in [6.07, 6.45) is 3.78. The normalized spacial score (nSPS) is 15.7. The first-order chi connectivity index (χ1) is 12.1. The van der Waals surface area contributed by atoms with E-state index < -0.39 is 0 Å². The summed E-state index contributed by atoms with van der Waals surface area (Å²) in [5.41, 5.74) is 0.871. The Morgan fingerprint density at radius 2 is 2.00 bits per heavy atom. The highest BCUT2D eigenvalue weighted by molar-refractivity contribution is 5.85.